The summed E-state index contributed by atoms with van der Waals surface area (Å²) in [6, 6.07) is 2.79. The van der Waals surface area contributed by atoms with Crippen LogP contribution in [0.2, 0.25) is 0 Å². The monoisotopic (exact) mass is 339 g/mol. The highest BCUT2D eigenvalue weighted by Crippen LogP contribution is 2.37. The molecule has 0 amide bonds. The highest BCUT2D eigenvalue weighted by Gasteiger charge is 2.19. The lowest BCUT2D eigenvalue weighted by molar-refractivity contribution is -0.307. The van der Waals surface area contributed by atoms with Crippen molar-refractivity contribution in [1.82, 2.24) is 0 Å². The average molecular weight is 339 g/mol. The van der Waals surface area contributed by atoms with Crippen molar-refractivity contribution >= 4 is 24.0 Å². The lowest BCUT2D eigenvalue weighted by atomic mass is 10.1. The Labute approximate surface area is 136 Å². The molecule has 0 saturated carbocycles. The quantitative estimate of drug-likeness (QED) is 0.363. The zero-order chi connectivity index (χ0) is 18.3. The summed E-state index contributed by atoms with van der Waals surface area (Å²) in [6.45, 7) is 0. The zero-order valence-corrected chi connectivity index (χ0v) is 12.8. The van der Waals surface area contributed by atoms with Crippen molar-refractivity contribution in [3.63, 3.8) is 0 Å². The molecule has 9 nitrogen and oxygen atoms in total. The van der Waals surface area contributed by atoms with Crippen LogP contribution in [0.1, 0.15) is 12.0 Å². The van der Waals surface area contributed by atoms with Crippen LogP contribution in [0.5, 0.6) is 17.2 Å². The largest absolute Gasteiger partial charge is 0.550 e. The van der Waals surface area contributed by atoms with Crippen LogP contribution in [-0.4, -0.2) is 48.4 Å². The summed E-state index contributed by atoms with van der Waals surface area (Å²) in [5, 5.41) is 29.1. The van der Waals surface area contributed by atoms with Gasteiger partial charge in [-0.05, 0) is 23.8 Å². The number of carboxylic acid groups (broad SMARTS) is 1. The molecule has 24 heavy (non-hydrogen) atoms. The molecule has 9 heteroatoms. The van der Waals surface area contributed by atoms with Crippen molar-refractivity contribution in [1.29, 1.82) is 0 Å². The highest BCUT2D eigenvalue weighted by molar-refractivity contribution is 5.96. The van der Waals surface area contributed by atoms with Crippen LogP contribution in [0.15, 0.2) is 18.2 Å². The second kappa shape index (κ2) is 8.53. The third kappa shape index (κ3) is 5.29. The molecule has 1 atom stereocenters. The Bertz CT molecular complexity index is 638. The summed E-state index contributed by atoms with van der Waals surface area (Å²) in [5.41, 5.74) is 0.390. The third-order valence-corrected chi connectivity index (χ3v) is 2.75. The summed E-state index contributed by atoms with van der Waals surface area (Å²) in [7, 11) is 2.65. The number of aliphatic hydroxyl groups is 1. The van der Waals surface area contributed by atoms with E-state index >= 15 is 0 Å². The number of carbonyl (C=O) groups is 3. The molecule has 0 heterocycles. The smallest absolute Gasteiger partial charge is 0.343 e. The standard InChI is InChI=1S/C15H16O9/c1-22-10-5-8(6-11(23-2)14(10)20)3-4-13(19)24-15(21)9(16)7-12(17)18/h3-6,9,16,20H,7H2,1-2H3,(H,17,18)/p-1. The van der Waals surface area contributed by atoms with E-state index in [1.165, 1.54) is 32.4 Å². The molecule has 0 spiro atoms. The van der Waals surface area contributed by atoms with Crippen LogP contribution in [0.25, 0.3) is 6.08 Å². The van der Waals surface area contributed by atoms with Gasteiger partial charge in [0, 0.05) is 18.5 Å². The van der Waals surface area contributed by atoms with Crippen LogP contribution in [-0.2, 0) is 19.1 Å². The van der Waals surface area contributed by atoms with Gasteiger partial charge in [-0.2, -0.15) is 0 Å². The van der Waals surface area contributed by atoms with Crippen molar-refractivity contribution in [2.24, 2.45) is 0 Å². The Morgan fingerprint density at radius 2 is 1.75 bits per heavy atom. The molecule has 0 fully saturated rings. The van der Waals surface area contributed by atoms with Gasteiger partial charge in [0.2, 0.25) is 5.75 Å². The lowest BCUT2D eigenvalue weighted by Crippen LogP contribution is -2.33. The molecule has 130 valence electrons. The molecule has 0 aromatic heterocycles. The topological polar surface area (TPSA) is 142 Å². The van der Waals surface area contributed by atoms with Crippen LogP contribution >= 0.6 is 0 Å². The number of aliphatic hydroxyl groups excluding tert-OH is 1. The Balaban J connectivity index is 2.80. The summed E-state index contributed by atoms with van der Waals surface area (Å²) >= 11 is 0. The van der Waals surface area contributed by atoms with E-state index in [2.05, 4.69) is 4.74 Å². The molecule has 2 N–H and O–H groups in total. The van der Waals surface area contributed by atoms with Gasteiger partial charge in [-0.15, -0.1) is 0 Å². The van der Waals surface area contributed by atoms with Crippen molar-refractivity contribution in [2.75, 3.05) is 14.2 Å². The second-order valence-electron chi connectivity index (χ2n) is 4.44. The van der Waals surface area contributed by atoms with E-state index in [0.29, 0.717) is 5.56 Å². The van der Waals surface area contributed by atoms with Gasteiger partial charge in [-0.3, -0.25) is 0 Å². The maximum Gasteiger partial charge on any atom is 0.343 e. The fraction of sp³-hybridized carbons (Fsp3) is 0.267. The molecule has 0 bridgehead atoms. The van der Waals surface area contributed by atoms with E-state index < -0.39 is 30.4 Å². The second-order valence-corrected chi connectivity index (χ2v) is 4.44. The number of aromatic hydroxyl groups is 1. The number of rotatable bonds is 7. The number of ether oxygens (including phenoxy) is 3. The zero-order valence-electron chi connectivity index (χ0n) is 12.8. The molecule has 1 aromatic rings. The first kappa shape index (κ1) is 19.0. The van der Waals surface area contributed by atoms with Gasteiger partial charge in [0.25, 0.3) is 0 Å². The van der Waals surface area contributed by atoms with E-state index in [0.717, 1.165) is 6.08 Å². The molecule has 0 aliphatic heterocycles. The summed E-state index contributed by atoms with van der Waals surface area (Å²) in [6.07, 6.45) is -0.872. The number of hydrogen-bond acceptors (Lipinski definition) is 9. The number of benzene rings is 1. The minimum Gasteiger partial charge on any atom is -0.550 e. The first-order valence-corrected chi connectivity index (χ1v) is 6.55. The van der Waals surface area contributed by atoms with Crippen molar-refractivity contribution < 1.29 is 43.9 Å². The van der Waals surface area contributed by atoms with Gasteiger partial charge in [-0.25, -0.2) is 9.59 Å². The SMILES string of the molecule is COc1cc(C=CC(=O)OC(=O)C(O)CC(=O)[O-])cc(OC)c1O. The lowest BCUT2D eigenvalue weighted by Gasteiger charge is -2.09. The Hall–Kier alpha value is -3.07. The molecular weight excluding hydrogens is 324 g/mol. The number of carbonyl (C=O) groups excluding carboxylic acids is 3. The fourth-order valence-corrected chi connectivity index (χ4v) is 1.62. The predicted octanol–water partition coefficient (Wildman–Crippen LogP) is -1.01. The van der Waals surface area contributed by atoms with E-state index in [1.807, 2.05) is 0 Å². The molecular formula is C15H15O9-. The molecule has 0 aliphatic carbocycles. The van der Waals surface area contributed by atoms with Crippen LogP contribution in [0.4, 0.5) is 0 Å². The normalized spacial score (nSPS) is 11.8. The number of esters is 2. The van der Waals surface area contributed by atoms with Crippen molar-refractivity contribution in [2.45, 2.75) is 12.5 Å². The first-order valence-electron chi connectivity index (χ1n) is 6.55. The summed E-state index contributed by atoms with van der Waals surface area (Å²) in [5.74, 6) is -4.21. The summed E-state index contributed by atoms with van der Waals surface area (Å²) in [4.78, 5) is 33.0. The minimum atomic E-state index is -2.00. The predicted molar refractivity (Wildman–Crippen MR) is 77.0 cm³/mol. The molecule has 1 aromatic carbocycles. The van der Waals surface area contributed by atoms with E-state index in [-0.39, 0.29) is 17.2 Å². The number of phenolic OH excluding ortho intramolecular Hbond substituents is 1. The number of carboxylic acids is 1. The first-order chi connectivity index (χ1) is 11.3. The van der Waals surface area contributed by atoms with Crippen molar-refractivity contribution in [3.05, 3.63) is 23.8 Å². The Kier molecular flexibility index (Phi) is 6.75. The van der Waals surface area contributed by atoms with Gasteiger partial charge in [0.15, 0.2) is 17.6 Å². The van der Waals surface area contributed by atoms with Crippen molar-refractivity contribution in [3.8, 4) is 17.2 Å². The molecule has 1 rings (SSSR count). The number of methoxy groups -OCH3 is 2. The van der Waals surface area contributed by atoms with E-state index in [1.54, 1.807) is 0 Å². The maximum atomic E-state index is 11.5. The van der Waals surface area contributed by atoms with Crippen LogP contribution in [0.3, 0.4) is 0 Å². The number of phenols is 1. The van der Waals surface area contributed by atoms with Crippen LogP contribution in [0, 0.1) is 0 Å². The number of aliphatic carboxylic acids is 1. The van der Waals surface area contributed by atoms with Gasteiger partial charge in [0.1, 0.15) is 0 Å². The van der Waals surface area contributed by atoms with E-state index in [4.69, 9.17) is 14.6 Å². The molecule has 1 unspecified atom stereocenters. The highest BCUT2D eigenvalue weighted by atomic mass is 16.6. The molecule has 0 aliphatic rings. The van der Waals surface area contributed by atoms with Gasteiger partial charge in [0.05, 0.1) is 14.2 Å². The van der Waals surface area contributed by atoms with Gasteiger partial charge >= 0.3 is 11.9 Å². The molecule has 0 radical (unpaired) electrons. The van der Waals surface area contributed by atoms with Crippen LogP contribution < -0.4 is 14.6 Å². The number of hydrogen-bond donors (Lipinski definition) is 2. The Morgan fingerprint density at radius 3 is 2.21 bits per heavy atom. The maximum absolute atomic E-state index is 11.5. The Morgan fingerprint density at radius 1 is 1.21 bits per heavy atom. The summed E-state index contributed by atoms with van der Waals surface area (Å²) < 4.78 is 14.1. The third-order valence-electron chi connectivity index (χ3n) is 2.75. The van der Waals surface area contributed by atoms with E-state index in [9.17, 15) is 24.6 Å². The fourth-order valence-electron chi connectivity index (χ4n) is 1.62. The van der Waals surface area contributed by atoms with Gasteiger partial charge in [-0.1, -0.05) is 0 Å². The van der Waals surface area contributed by atoms with Gasteiger partial charge < -0.3 is 34.3 Å². The average Bonchev–Trinajstić information content (AvgIpc) is 2.53. The molecule has 0 saturated heterocycles. The minimum absolute atomic E-state index is 0.0998.